The summed E-state index contributed by atoms with van der Waals surface area (Å²) in [5.74, 6) is 0. The van der Waals surface area contributed by atoms with E-state index in [1.54, 1.807) is 36.4 Å². The summed E-state index contributed by atoms with van der Waals surface area (Å²) in [7, 11) is 0. The number of benzene rings is 2. The average molecular weight is 563 g/mol. The lowest BCUT2D eigenvalue weighted by molar-refractivity contribution is -0.136. The van der Waals surface area contributed by atoms with Gasteiger partial charge in [-0.1, -0.05) is 101 Å². The van der Waals surface area contributed by atoms with Crippen molar-refractivity contribution < 1.29 is 18.3 Å². The molecule has 3 nitrogen and oxygen atoms in total. The minimum atomic E-state index is -4.56. The van der Waals surface area contributed by atoms with Crippen molar-refractivity contribution in [1.29, 1.82) is 0 Å². The topological polar surface area (TPSA) is 36.4 Å². The van der Waals surface area contributed by atoms with Gasteiger partial charge in [-0.15, -0.1) is 0 Å². The summed E-state index contributed by atoms with van der Waals surface area (Å²) in [5.41, 5.74) is 0.564. The van der Waals surface area contributed by atoms with E-state index >= 15 is 0 Å². The van der Waals surface area contributed by atoms with E-state index < -0.39 is 17.8 Å². The fraction of sp³-hybridized carbons (Fsp3) is 0.531. The molecule has 0 spiro atoms. The van der Waals surface area contributed by atoms with Gasteiger partial charge >= 0.3 is 6.18 Å². The summed E-state index contributed by atoms with van der Waals surface area (Å²) in [6.45, 7) is 6.50. The van der Waals surface area contributed by atoms with Crippen molar-refractivity contribution >= 4 is 22.5 Å². The van der Waals surface area contributed by atoms with Crippen LogP contribution in [0, 0.1) is 0 Å². The van der Waals surface area contributed by atoms with Crippen LogP contribution in [-0.4, -0.2) is 34.6 Å². The van der Waals surface area contributed by atoms with Crippen LogP contribution in [-0.2, 0) is 6.18 Å². The van der Waals surface area contributed by atoms with Crippen molar-refractivity contribution in [2.75, 3.05) is 19.6 Å². The molecular formula is C32H42ClF3N2O. The molecule has 1 N–H and O–H groups in total. The second kappa shape index (κ2) is 15.6. The van der Waals surface area contributed by atoms with Crippen LogP contribution in [0.25, 0.3) is 22.2 Å². The number of pyridine rings is 1. The number of alkyl halides is 3. The zero-order valence-corrected chi connectivity index (χ0v) is 24.0. The average Bonchev–Trinajstić information content (AvgIpc) is 2.91. The lowest BCUT2D eigenvalue weighted by atomic mass is 9.97. The monoisotopic (exact) mass is 562 g/mol. The Morgan fingerprint density at radius 1 is 0.846 bits per heavy atom. The Labute approximate surface area is 236 Å². The molecule has 7 heteroatoms. The number of fused-ring (bicyclic) bond motifs is 1. The highest BCUT2D eigenvalue weighted by atomic mass is 35.5. The van der Waals surface area contributed by atoms with E-state index in [1.807, 2.05) is 0 Å². The molecule has 0 aliphatic carbocycles. The maximum Gasteiger partial charge on any atom is 0.418 e. The van der Waals surface area contributed by atoms with Crippen molar-refractivity contribution in [3.63, 3.8) is 0 Å². The zero-order chi connectivity index (χ0) is 28.3. The van der Waals surface area contributed by atoms with E-state index in [1.165, 1.54) is 44.6 Å². The standard InChI is InChI=1S/C32H42ClF3N2O/c1-3-5-7-9-11-20-38(21-12-10-8-6-4-2)23-30(39)27-22-29(24-16-18-25(33)19-17-24)37-31-26(27)14-13-15-28(31)32(34,35)36/h13-19,22,30,39H,3-12,20-21,23H2,1-2H3. The molecule has 0 fully saturated rings. The molecule has 0 aliphatic rings. The summed E-state index contributed by atoms with van der Waals surface area (Å²) >= 11 is 6.04. The van der Waals surface area contributed by atoms with E-state index in [2.05, 4.69) is 23.7 Å². The van der Waals surface area contributed by atoms with Gasteiger partial charge in [0.25, 0.3) is 0 Å². The van der Waals surface area contributed by atoms with E-state index in [9.17, 15) is 18.3 Å². The molecule has 1 heterocycles. The lowest BCUT2D eigenvalue weighted by Gasteiger charge is -2.26. The molecule has 2 aromatic carbocycles. The van der Waals surface area contributed by atoms with Gasteiger partial charge < -0.3 is 10.0 Å². The molecule has 0 radical (unpaired) electrons. The summed E-state index contributed by atoms with van der Waals surface area (Å²) in [6, 6.07) is 12.7. The Morgan fingerprint density at radius 3 is 2.00 bits per heavy atom. The van der Waals surface area contributed by atoms with Gasteiger partial charge in [-0.05, 0) is 55.8 Å². The number of nitrogens with zero attached hydrogens (tertiary/aromatic N) is 2. The number of hydrogen-bond acceptors (Lipinski definition) is 3. The first-order valence-corrected chi connectivity index (χ1v) is 14.8. The van der Waals surface area contributed by atoms with Crippen LogP contribution in [0.15, 0.2) is 48.5 Å². The number of aliphatic hydroxyl groups is 1. The Hall–Kier alpha value is -2.15. The van der Waals surface area contributed by atoms with Crippen LogP contribution in [0.2, 0.25) is 5.02 Å². The molecule has 0 amide bonds. The van der Waals surface area contributed by atoms with Crippen molar-refractivity contribution in [2.24, 2.45) is 0 Å². The summed E-state index contributed by atoms with van der Waals surface area (Å²) < 4.78 is 41.9. The zero-order valence-electron chi connectivity index (χ0n) is 23.2. The van der Waals surface area contributed by atoms with Gasteiger partial charge in [-0.25, -0.2) is 4.98 Å². The van der Waals surface area contributed by atoms with Crippen molar-refractivity contribution in [1.82, 2.24) is 9.88 Å². The maximum atomic E-state index is 14.0. The predicted octanol–water partition coefficient (Wildman–Crippen LogP) is 9.85. The number of aromatic nitrogens is 1. The van der Waals surface area contributed by atoms with Crippen LogP contribution >= 0.6 is 11.6 Å². The number of unbranched alkanes of at least 4 members (excludes halogenated alkanes) is 8. The Morgan fingerprint density at radius 2 is 1.44 bits per heavy atom. The van der Waals surface area contributed by atoms with E-state index in [0.717, 1.165) is 44.8 Å². The van der Waals surface area contributed by atoms with Crippen LogP contribution in [0.1, 0.15) is 95.3 Å². The molecule has 0 saturated heterocycles. The molecule has 39 heavy (non-hydrogen) atoms. The molecule has 3 aromatic rings. The molecule has 1 unspecified atom stereocenters. The highest BCUT2D eigenvalue weighted by molar-refractivity contribution is 6.30. The van der Waals surface area contributed by atoms with Gasteiger partial charge in [-0.3, -0.25) is 0 Å². The first kappa shape index (κ1) is 31.4. The summed E-state index contributed by atoms with van der Waals surface area (Å²) in [6.07, 6.45) is 6.08. The normalized spacial score (nSPS) is 12.9. The second-order valence-corrected chi connectivity index (χ2v) is 10.9. The van der Waals surface area contributed by atoms with Crippen molar-refractivity contribution in [3.05, 3.63) is 64.7 Å². The molecule has 0 aliphatic heterocycles. The van der Waals surface area contributed by atoms with E-state index in [0.29, 0.717) is 33.8 Å². The Bertz CT molecular complexity index is 1140. The van der Waals surface area contributed by atoms with Gasteiger partial charge in [0, 0.05) is 22.5 Å². The molecular weight excluding hydrogens is 521 g/mol. The molecule has 0 bridgehead atoms. The minimum absolute atomic E-state index is 0.141. The molecule has 214 valence electrons. The smallest absolute Gasteiger partial charge is 0.387 e. The van der Waals surface area contributed by atoms with Gasteiger partial charge in [0.15, 0.2) is 0 Å². The lowest BCUT2D eigenvalue weighted by Crippen LogP contribution is -2.31. The maximum absolute atomic E-state index is 14.0. The Kier molecular flexibility index (Phi) is 12.5. The Balaban J connectivity index is 1.93. The minimum Gasteiger partial charge on any atom is -0.387 e. The van der Waals surface area contributed by atoms with E-state index in [-0.39, 0.29) is 5.52 Å². The largest absolute Gasteiger partial charge is 0.418 e. The second-order valence-electron chi connectivity index (χ2n) is 10.4. The number of halogens is 4. The van der Waals surface area contributed by atoms with Gasteiger partial charge in [0.2, 0.25) is 0 Å². The highest BCUT2D eigenvalue weighted by Gasteiger charge is 2.34. The third-order valence-corrected chi connectivity index (χ3v) is 7.51. The third kappa shape index (κ3) is 9.47. The summed E-state index contributed by atoms with van der Waals surface area (Å²) in [5, 5.41) is 12.4. The number of aliphatic hydroxyl groups excluding tert-OH is 1. The summed E-state index contributed by atoms with van der Waals surface area (Å²) in [4.78, 5) is 6.71. The fourth-order valence-corrected chi connectivity index (χ4v) is 5.19. The third-order valence-electron chi connectivity index (χ3n) is 7.26. The number of rotatable bonds is 16. The number of para-hydroxylation sites is 1. The SMILES string of the molecule is CCCCCCCN(CCCCCCC)CC(O)c1cc(-c2ccc(Cl)cc2)nc2c(C(F)(F)F)cccc12. The first-order valence-electron chi connectivity index (χ1n) is 14.4. The molecule has 1 aromatic heterocycles. The van der Waals surface area contributed by atoms with Crippen molar-refractivity contribution in [3.8, 4) is 11.3 Å². The van der Waals surface area contributed by atoms with Gasteiger partial charge in [0.05, 0.1) is 22.9 Å². The molecule has 1 atom stereocenters. The first-order chi connectivity index (χ1) is 18.7. The van der Waals surface area contributed by atoms with Crippen LogP contribution in [0.3, 0.4) is 0 Å². The van der Waals surface area contributed by atoms with Gasteiger partial charge in [-0.2, -0.15) is 13.2 Å². The van der Waals surface area contributed by atoms with Gasteiger partial charge in [0.1, 0.15) is 0 Å². The van der Waals surface area contributed by atoms with E-state index in [4.69, 9.17) is 11.6 Å². The quantitative estimate of drug-likeness (QED) is 0.176. The molecule has 3 rings (SSSR count). The molecule has 0 saturated carbocycles. The van der Waals surface area contributed by atoms with Crippen LogP contribution in [0.4, 0.5) is 13.2 Å². The van der Waals surface area contributed by atoms with Crippen LogP contribution < -0.4 is 0 Å². The van der Waals surface area contributed by atoms with Crippen molar-refractivity contribution in [2.45, 2.75) is 90.3 Å². The van der Waals surface area contributed by atoms with Crippen LogP contribution in [0.5, 0.6) is 0 Å². The highest BCUT2D eigenvalue weighted by Crippen LogP contribution is 2.38. The fourth-order valence-electron chi connectivity index (χ4n) is 5.06. The number of hydrogen-bond donors (Lipinski definition) is 1. The predicted molar refractivity (Wildman–Crippen MR) is 156 cm³/mol.